The van der Waals surface area contributed by atoms with Crippen molar-refractivity contribution in [1.82, 2.24) is 29.8 Å². The molecule has 0 aromatic carbocycles. The lowest BCUT2D eigenvalue weighted by Gasteiger charge is -2.32. The fraction of sp³-hybridized carbons (Fsp3) is 0.353. The molecule has 1 saturated heterocycles. The second-order valence-electron chi connectivity index (χ2n) is 6.19. The minimum absolute atomic E-state index is 0.0538. The van der Waals surface area contributed by atoms with Crippen LogP contribution in [0.5, 0.6) is 0 Å². The molecule has 1 aliphatic heterocycles. The van der Waals surface area contributed by atoms with Gasteiger partial charge in [0.15, 0.2) is 0 Å². The summed E-state index contributed by atoms with van der Waals surface area (Å²) in [6.45, 7) is 0.713. The number of pyridine rings is 1. The van der Waals surface area contributed by atoms with Gasteiger partial charge in [-0.05, 0) is 18.6 Å². The van der Waals surface area contributed by atoms with Crippen LogP contribution in [-0.2, 0) is 18.4 Å². The predicted octanol–water partition coefficient (Wildman–Crippen LogP) is 1.18. The van der Waals surface area contributed by atoms with Gasteiger partial charge in [-0.25, -0.2) is 4.98 Å². The highest BCUT2D eigenvalue weighted by Gasteiger charge is 2.30. The molecule has 3 aromatic heterocycles. The summed E-state index contributed by atoms with van der Waals surface area (Å²) in [6, 6.07) is 6.21. The molecule has 0 bridgehead atoms. The fourth-order valence-electron chi connectivity index (χ4n) is 3.32. The van der Waals surface area contributed by atoms with E-state index in [0.717, 1.165) is 23.3 Å². The van der Waals surface area contributed by atoms with E-state index in [4.69, 9.17) is 0 Å². The van der Waals surface area contributed by atoms with Crippen molar-refractivity contribution in [3.8, 4) is 0 Å². The third-order valence-corrected chi connectivity index (χ3v) is 4.54. The summed E-state index contributed by atoms with van der Waals surface area (Å²) < 4.78 is 3.84. The van der Waals surface area contributed by atoms with Gasteiger partial charge in [0, 0.05) is 55.9 Å². The Labute approximate surface area is 139 Å². The molecule has 7 heteroatoms. The molecule has 0 spiro atoms. The molecule has 0 saturated carbocycles. The first-order chi connectivity index (χ1) is 11.7. The van der Waals surface area contributed by atoms with Crippen LogP contribution in [0.1, 0.15) is 30.1 Å². The van der Waals surface area contributed by atoms with Crippen molar-refractivity contribution in [3.05, 3.63) is 54.2 Å². The third-order valence-electron chi connectivity index (χ3n) is 4.54. The molecule has 0 aliphatic carbocycles. The summed E-state index contributed by atoms with van der Waals surface area (Å²) in [5.41, 5.74) is 3.12. The Morgan fingerprint density at radius 2 is 2.33 bits per heavy atom. The van der Waals surface area contributed by atoms with Gasteiger partial charge in [-0.1, -0.05) is 6.07 Å². The van der Waals surface area contributed by atoms with E-state index in [2.05, 4.69) is 31.2 Å². The Morgan fingerprint density at radius 1 is 1.42 bits per heavy atom. The van der Waals surface area contributed by atoms with Crippen LogP contribution in [0.4, 0.5) is 0 Å². The zero-order chi connectivity index (χ0) is 16.5. The fourth-order valence-corrected chi connectivity index (χ4v) is 3.32. The molecular formula is C17H20N6O. The van der Waals surface area contributed by atoms with E-state index in [1.165, 1.54) is 0 Å². The van der Waals surface area contributed by atoms with E-state index in [1.807, 2.05) is 37.8 Å². The van der Waals surface area contributed by atoms with E-state index in [9.17, 15) is 4.79 Å². The van der Waals surface area contributed by atoms with E-state index in [-0.39, 0.29) is 18.0 Å². The highest BCUT2D eigenvalue weighted by atomic mass is 16.1. The average molecular weight is 324 g/mol. The van der Waals surface area contributed by atoms with Crippen LogP contribution in [-0.4, -0.2) is 31.1 Å². The minimum Gasteiger partial charge on any atom is -0.348 e. The van der Waals surface area contributed by atoms with Crippen LogP contribution in [0.15, 0.2) is 43.0 Å². The van der Waals surface area contributed by atoms with Gasteiger partial charge in [0.25, 0.3) is 0 Å². The lowest BCUT2D eigenvalue weighted by atomic mass is 9.93. The first-order valence-electron chi connectivity index (χ1n) is 8.13. The molecule has 1 fully saturated rings. The largest absolute Gasteiger partial charge is 0.348 e. The molecule has 4 rings (SSSR count). The molecule has 24 heavy (non-hydrogen) atoms. The van der Waals surface area contributed by atoms with Crippen molar-refractivity contribution in [2.24, 2.45) is 7.05 Å². The van der Waals surface area contributed by atoms with Crippen LogP contribution in [0.25, 0.3) is 5.65 Å². The molecule has 124 valence electrons. The Balaban J connectivity index is 1.53. The molecule has 0 radical (unpaired) electrons. The molecule has 1 amide bonds. The normalized spacial score (nSPS) is 21.1. The summed E-state index contributed by atoms with van der Waals surface area (Å²) in [7, 11) is 1.89. The number of fused-ring (bicyclic) bond motifs is 1. The Bertz CT molecular complexity index is 867. The molecule has 3 aromatic rings. The van der Waals surface area contributed by atoms with Crippen molar-refractivity contribution in [3.63, 3.8) is 0 Å². The molecular weight excluding hydrogens is 304 g/mol. The van der Waals surface area contributed by atoms with Gasteiger partial charge < -0.3 is 15.0 Å². The summed E-state index contributed by atoms with van der Waals surface area (Å²) in [6.07, 6.45) is 8.91. The van der Waals surface area contributed by atoms with Crippen molar-refractivity contribution in [2.75, 3.05) is 0 Å². The maximum Gasteiger partial charge on any atom is 0.220 e. The lowest BCUT2D eigenvalue weighted by Crippen LogP contribution is -2.48. The van der Waals surface area contributed by atoms with Gasteiger partial charge >= 0.3 is 0 Å². The van der Waals surface area contributed by atoms with E-state index in [1.54, 1.807) is 10.9 Å². The number of carbonyl (C=O) groups excluding carboxylic acids is 1. The number of nitrogens with zero attached hydrogens (tertiary/aromatic N) is 4. The Hall–Kier alpha value is -2.67. The number of hydrogen-bond donors (Lipinski definition) is 2. The van der Waals surface area contributed by atoms with Crippen LogP contribution >= 0.6 is 0 Å². The number of aryl methyl sites for hydroxylation is 1. The van der Waals surface area contributed by atoms with Crippen LogP contribution in [0.2, 0.25) is 0 Å². The first-order valence-corrected chi connectivity index (χ1v) is 8.13. The molecule has 2 atom stereocenters. The molecule has 4 heterocycles. The topological polar surface area (TPSA) is 76.2 Å². The number of imidazole rings is 1. The SMILES string of the molecule is Cn1cc([C@@H]2NC(=O)CC[C@H]2NCc2cccc3nccn23)cn1. The molecule has 0 unspecified atom stereocenters. The van der Waals surface area contributed by atoms with E-state index >= 15 is 0 Å². The molecule has 1 aliphatic rings. The summed E-state index contributed by atoms with van der Waals surface area (Å²) in [5, 5.41) is 10.9. The number of aromatic nitrogens is 4. The van der Waals surface area contributed by atoms with E-state index in [0.29, 0.717) is 13.0 Å². The Morgan fingerprint density at radius 3 is 3.17 bits per heavy atom. The number of carbonyl (C=O) groups is 1. The maximum absolute atomic E-state index is 11.8. The van der Waals surface area contributed by atoms with Gasteiger partial charge in [0.1, 0.15) is 5.65 Å². The quantitative estimate of drug-likeness (QED) is 0.755. The summed E-state index contributed by atoms with van der Waals surface area (Å²) in [5.74, 6) is 0.0959. The number of rotatable bonds is 4. The van der Waals surface area contributed by atoms with Crippen molar-refractivity contribution in [2.45, 2.75) is 31.5 Å². The average Bonchev–Trinajstić information content (AvgIpc) is 3.22. The van der Waals surface area contributed by atoms with Gasteiger partial charge in [-0.2, -0.15) is 5.10 Å². The van der Waals surface area contributed by atoms with Gasteiger partial charge in [-0.3, -0.25) is 9.48 Å². The molecule has 7 nitrogen and oxygen atoms in total. The zero-order valence-electron chi connectivity index (χ0n) is 13.5. The predicted molar refractivity (Wildman–Crippen MR) is 89.1 cm³/mol. The van der Waals surface area contributed by atoms with Crippen LogP contribution in [0, 0.1) is 0 Å². The number of hydrogen-bond acceptors (Lipinski definition) is 4. The summed E-state index contributed by atoms with van der Waals surface area (Å²) in [4.78, 5) is 16.2. The zero-order valence-corrected chi connectivity index (χ0v) is 13.5. The second kappa shape index (κ2) is 6.09. The van der Waals surface area contributed by atoms with Gasteiger partial charge in [0.2, 0.25) is 5.91 Å². The van der Waals surface area contributed by atoms with Crippen molar-refractivity contribution in [1.29, 1.82) is 0 Å². The number of amides is 1. The third kappa shape index (κ3) is 2.78. The number of piperidine rings is 1. The highest BCUT2D eigenvalue weighted by Crippen LogP contribution is 2.24. The molecule has 2 N–H and O–H groups in total. The highest BCUT2D eigenvalue weighted by molar-refractivity contribution is 5.77. The monoisotopic (exact) mass is 324 g/mol. The maximum atomic E-state index is 11.8. The van der Waals surface area contributed by atoms with Crippen LogP contribution in [0.3, 0.4) is 0 Å². The van der Waals surface area contributed by atoms with Gasteiger partial charge in [0.05, 0.1) is 12.2 Å². The van der Waals surface area contributed by atoms with Crippen molar-refractivity contribution >= 4 is 11.6 Å². The summed E-state index contributed by atoms with van der Waals surface area (Å²) >= 11 is 0. The second-order valence-corrected chi connectivity index (χ2v) is 6.19. The van der Waals surface area contributed by atoms with Crippen LogP contribution < -0.4 is 10.6 Å². The Kier molecular flexibility index (Phi) is 3.78. The smallest absolute Gasteiger partial charge is 0.220 e. The minimum atomic E-state index is -0.0538. The van der Waals surface area contributed by atoms with Gasteiger partial charge in [-0.15, -0.1) is 0 Å². The number of nitrogens with one attached hydrogen (secondary N) is 2. The lowest BCUT2D eigenvalue weighted by molar-refractivity contribution is -0.123. The van der Waals surface area contributed by atoms with E-state index < -0.39 is 0 Å². The standard InChI is InChI=1S/C17H20N6O/c1-22-11-12(9-20-22)17-14(5-6-16(24)21-17)19-10-13-3-2-4-15-18-7-8-23(13)15/h2-4,7-9,11,14,17,19H,5-6,10H2,1H3,(H,21,24)/t14-,17+/m1/s1. The van der Waals surface area contributed by atoms with Crippen molar-refractivity contribution < 1.29 is 4.79 Å². The first kappa shape index (κ1) is 14.9.